The number of hydrogen-bond donors (Lipinski definition) is 1. The number of amides is 1. The van der Waals surface area contributed by atoms with Crippen molar-refractivity contribution in [1.82, 2.24) is 0 Å². The van der Waals surface area contributed by atoms with E-state index in [1.807, 2.05) is 30.3 Å². The number of fused-ring (bicyclic) bond motifs is 1. The third kappa shape index (κ3) is 2.65. The summed E-state index contributed by atoms with van der Waals surface area (Å²) < 4.78 is 1.74. The van der Waals surface area contributed by atoms with Crippen molar-refractivity contribution in [3.05, 3.63) is 62.0 Å². The minimum absolute atomic E-state index is 0.131. The van der Waals surface area contributed by atoms with Gasteiger partial charge < -0.3 is 5.32 Å². The van der Waals surface area contributed by atoms with Crippen molar-refractivity contribution in [1.29, 1.82) is 5.26 Å². The van der Waals surface area contributed by atoms with E-state index in [0.717, 1.165) is 25.8 Å². The van der Waals surface area contributed by atoms with Crippen LogP contribution < -0.4 is 5.32 Å². The number of carbonyl (C=O) groups is 1. The number of benzene rings is 2. The zero-order valence-electron chi connectivity index (χ0n) is 10.7. The average Bonchev–Trinajstić information content (AvgIpc) is 2.77. The number of anilines is 1. The smallest absolute Gasteiger partial charge is 0.256 e. The Morgan fingerprint density at radius 3 is 2.52 bits per heavy atom. The van der Waals surface area contributed by atoms with E-state index in [1.54, 1.807) is 12.1 Å². The molecule has 0 aromatic heterocycles. The predicted octanol–water partition coefficient (Wildman–Crippen LogP) is 4.58. The molecule has 3 nitrogen and oxygen atoms in total. The van der Waals surface area contributed by atoms with Crippen LogP contribution in [-0.2, 0) is 4.79 Å². The quantitative estimate of drug-likeness (QED) is 0.708. The van der Waals surface area contributed by atoms with E-state index in [2.05, 4.69) is 43.2 Å². The minimum atomic E-state index is -0.131. The Morgan fingerprint density at radius 2 is 1.86 bits per heavy atom. The van der Waals surface area contributed by atoms with Gasteiger partial charge in [0, 0.05) is 20.1 Å². The predicted molar refractivity (Wildman–Crippen MR) is 89.5 cm³/mol. The van der Waals surface area contributed by atoms with Crippen LogP contribution >= 0.6 is 31.9 Å². The SMILES string of the molecule is N#Cc1ccc(C=C2C(=O)Nc3c(Br)cc(Br)cc32)cc1. The topological polar surface area (TPSA) is 52.9 Å². The van der Waals surface area contributed by atoms with Crippen LogP contribution in [0.1, 0.15) is 16.7 Å². The summed E-state index contributed by atoms with van der Waals surface area (Å²) in [5.74, 6) is -0.131. The van der Waals surface area contributed by atoms with Crippen LogP contribution in [0.25, 0.3) is 11.6 Å². The Bertz CT molecular complexity index is 817. The molecule has 0 atom stereocenters. The van der Waals surface area contributed by atoms with Gasteiger partial charge in [-0.2, -0.15) is 5.26 Å². The maximum atomic E-state index is 12.2. The van der Waals surface area contributed by atoms with Gasteiger partial charge in [0.05, 0.1) is 17.3 Å². The van der Waals surface area contributed by atoms with Gasteiger partial charge >= 0.3 is 0 Å². The first-order valence-corrected chi connectivity index (χ1v) is 7.70. The second-order valence-corrected chi connectivity index (χ2v) is 6.33. The minimum Gasteiger partial charge on any atom is -0.320 e. The highest BCUT2D eigenvalue weighted by molar-refractivity contribution is 9.11. The molecule has 5 heteroatoms. The van der Waals surface area contributed by atoms with Crippen LogP contribution in [0.2, 0.25) is 0 Å². The maximum Gasteiger partial charge on any atom is 0.256 e. The summed E-state index contributed by atoms with van der Waals surface area (Å²) >= 11 is 6.88. The molecule has 0 fully saturated rings. The Balaban J connectivity index is 2.09. The summed E-state index contributed by atoms with van der Waals surface area (Å²) in [7, 11) is 0. The van der Waals surface area contributed by atoms with Crippen LogP contribution in [0.5, 0.6) is 0 Å². The largest absolute Gasteiger partial charge is 0.320 e. The first-order chi connectivity index (χ1) is 10.1. The van der Waals surface area contributed by atoms with Gasteiger partial charge in [0.2, 0.25) is 0 Å². The number of nitrogens with zero attached hydrogens (tertiary/aromatic N) is 1. The Hall–Kier alpha value is -1.90. The maximum absolute atomic E-state index is 12.2. The summed E-state index contributed by atoms with van der Waals surface area (Å²) in [5, 5.41) is 11.7. The van der Waals surface area contributed by atoms with E-state index in [1.165, 1.54) is 0 Å². The molecule has 0 bridgehead atoms. The third-order valence-electron chi connectivity index (χ3n) is 3.18. The van der Waals surface area contributed by atoms with Crippen LogP contribution in [-0.4, -0.2) is 5.91 Å². The number of rotatable bonds is 1. The summed E-state index contributed by atoms with van der Waals surface area (Å²) in [6.07, 6.45) is 1.82. The van der Waals surface area contributed by atoms with Crippen LogP contribution in [0.15, 0.2) is 45.3 Å². The van der Waals surface area contributed by atoms with E-state index >= 15 is 0 Å². The molecule has 1 amide bonds. The zero-order chi connectivity index (χ0) is 15.0. The molecule has 102 valence electrons. The number of hydrogen-bond acceptors (Lipinski definition) is 2. The summed E-state index contributed by atoms with van der Waals surface area (Å²) in [5.41, 5.74) is 3.72. The monoisotopic (exact) mass is 402 g/mol. The standard InChI is InChI=1S/C16H8Br2N2O/c17-11-6-12-13(16(21)20-15(12)14(18)7-11)5-9-1-3-10(8-19)4-2-9/h1-7H,(H,20,21). The third-order valence-corrected chi connectivity index (χ3v) is 4.26. The van der Waals surface area contributed by atoms with Gasteiger partial charge in [-0.1, -0.05) is 28.1 Å². The summed E-state index contributed by atoms with van der Waals surface area (Å²) in [6.45, 7) is 0. The summed E-state index contributed by atoms with van der Waals surface area (Å²) in [6, 6.07) is 13.0. The van der Waals surface area contributed by atoms with Crippen molar-refractivity contribution < 1.29 is 4.79 Å². The molecule has 0 radical (unpaired) electrons. The van der Waals surface area contributed by atoms with Gasteiger partial charge in [0.25, 0.3) is 5.91 Å². The van der Waals surface area contributed by atoms with Crippen LogP contribution in [0.3, 0.4) is 0 Å². The fourth-order valence-electron chi connectivity index (χ4n) is 2.18. The van der Waals surface area contributed by atoms with Gasteiger partial charge in [-0.25, -0.2) is 0 Å². The first-order valence-electron chi connectivity index (χ1n) is 6.11. The first kappa shape index (κ1) is 14.1. The molecule has 1 N–H and O–H groups in total. The van der Waals surface area contributed by atoms with E-state index in [4.69, 9.17) is 5.26 Å². The molecule has 0 saturated heterocycles. The number of nitrogens with one attached hydrogen (secondary N) is 1. The highest BCUT2D eigenvalue weighted by Crippen LogP contribution is 2.40. The Morgan fingerprint density at radius 1 is 1.14 bits per heavy atom. The van der Waals surface area contributed by atoms with Gasteiger partial charge in [0.1, 0.15) is 0 Å². The molecule has 0 unspecified atom stereocenters. The summed E-state index contributed by atoms with van der Waals surface area (Å²) in [4.78, 5) is 12.2. The fraction of sp³-hybridized carbons (Fsp3) is 0. The molecule has 0 spiro atoms. The zero-order valence-corrected chi connectivity index (χ0v) is 13.8. The lowest BCUT2D eigenvalue weighted by Gasteiger charge is -2.02. The van der Waals surface area contributed by atoms with Crippen LogP contribution in [0, 0.1) is 11.3 Å². The van der Waals surface area contributed by atoms with Crippen molar-refractivity contribution in [2.45, 2.75) is 0 Å². The molecule has 2 aromatic carbocycles. The van der Waals surface area contributed by atoms with E-state index in [0.29, 0.717) is 11.1 Å². The van der Waals surface area contributed by atoms with Gasteiger partial charge in [0.15, 0.2) is 0 Å². The lowest BCUT2D eigenvalue weighted by atomic mass is 10.0. The highest BCUT2D eigenvalue weighted by Gasteiger charge is 2.26. The molecule has 2 aromatic rings. The van der Waals surface area contributed by atoms with E-state index in [9.17, 15) is 4.79 Å². The second kappa shape index (κ2) is 5.47. The molecule has 3 rings (SSSR count). The molecule has 1 aliphatic heterocycles. The number of nitriles is 1. The molecule has 1 heterocycles. The van der Waals surface area contributed by atoms with Crippen molar-refractivity contribution in [3.63, 3.8) is 0 Å². The van der Waals surface area contributed by atoms with Crippen molar-refractivity contribution in [2.75, 3.05) is 5.32 Å². The van der Waals surface area contributed by atoms with Crippen LogP contribution in [0.4, 0.5) is 5.69 Å². The van der Waals surface area contributed by atoms with Gasteiger partial charge in [-0.3, -0.25) is 4.79 Å². The second-order valence-electron chi connectivity index (χ2n) is 4.56. The normalized spacial score (nSPS) is 14.7. The fourth-order valence-corrected chi connectivity index (χ4v) is 3.50. The molecule has 1 aliphatic rings. The lowest BCUT2D eigenvalue weighted by molar-refractivity contribution is -0.110. The van der Waals surface area contributed by atoms with Gasteiger partial charge in [-0.05, 0) is 51.8 Å². The van der Waals surface area contributed by atoms with Crippen molar-refractivity contribution >= 4 is 55.1 Å². The molecular weight excluding hydrogens is 396 g/mol. The highest BCUT2D eigenvalue weighted by atomic mass is 79.9. The number of halogens is 2. The van der Waals surface area contributed by atoms with Gasteiger partial charge in [-0.15, -0.1) is 0 Å². The average molecular weight is 404 g/mol. The Labute approximate surface area is 138 Å². The van der Waals surface area contributed by atoms with Crippen molar-refractivity contribution in [2.24, 2.45) is 0 Å². The molecular formula is C16H8Br2N2O. The Kier molecular flexibility index (Phi) is 3.66. The molecule has 21 heavy (non-hydrogen) atoms. The molecule has 0 aliphatic carbocycles. The van der Waals surface area contributed by atoms with Crippen molar-refractivity contribution in [3.8, 4) is 6.07 Å². The number of carbonyl (C=O) groups excluding carboxylic acids is 1. The van der Waals surface area contributed by atoms with E-state index in [-0.39, 0.29) is 5.91 Å². The van der Waals surface area contributed by atoms with E-state index < -0.39 is 0 Å². The molecule has 0 saturated carbocycles. The lowest BCUT2D eigenvalue weighted by Crippen LogP contribution is -2.03.